The highest BCUT2D eigenvalue weighted by Crippen LogP contribution is 2.29. The Kier molecular flexibility index (Phi) is 5.25. The molecule has 0 radical (unpaired) electrons. The van der Waals surface area contributed by atoms with Crippen LogP contribution in [-0.4, -0.2) is 25.0 Å². The molecule has 0 saturated carbocycles. The fourth-order valence-corrected chi connectivity index (χ4v) is 2.78. The monoisotopic (exact) mass is 344 g/mol. The molecule has 1 aliphatic heterocycles. The second kappa shape index (κ2) is 6.73. The molecule has 1 aliphatic rings. The Hall–Kier alpha value is -0.580. The summed E-state index contributed by atoms with van der Waals surface area (Å²) < 4.78 is 0.822. The van der Waals surface area contributed by atoms with Crippen LogP contribution in [0.4, 0.5) is 5.69 Å². The van der Waals surface area contributed by atoms with Crippen molar-refractivity contribution in [3.63, 3.8) is 0 Å². The van der Waals surface area contributed by atoms with Gasteiger partial charge in [0.05, 0.1) is 11.1 Å². The predicted molar refractivity (Wildman–Crippen MR) is 82.8 cm³/mol. The standard InChI is InChI=1S/C14H18BrClN2O/c1-2-7-17-13-4-3-8-18(14(13)19)10-5-6-12(16)11(15)9-10/h5-6,9,13,17H,2-4,7-8H2,1H3. The maximum Gasteiger partial charge on any atom is 0.244 e. The Balaban J connectivity index is 2.14. The van der Waals surface area contributed by atoms with Crippen molar-refractivity contribution in [2.24, 2.45) is 0 Å². The average Bonchev–Trinajstić information content (AvgIpc) is 2.41. The lowest BCUT2D eigenvalue weighted by Crippen LogP contribution is -2.51. The van der Waals surface area contributed by atoms with Gasteiger partial charge in [0, 0.05) is 16.7 Å². The number of anilines is 1. The van der Waals surface area contributed by atoms with Gasteiger partial charge in [-0.05, 0) is 59.9 Å². The summed E-state index contributed by atoms with van der Waals surface area (Å²) in [5.41, 5.74) is 0.907. The maximum atomic E-state index is 12.4. The number of rotatable bonds is 4. The third kappa shape index (κ3) is 3.50. The van der Waals surface area contributed by atoms with Crippen LogP contribution in [0.1, 0.15) is 26.2 Å². The van der Waals surface area contributed by atoms with Crippen molar-refractivity contribution in [1.29, 1.82) is 0 Å². The minimum absolute atomic E-state index is 0.0526. The molecule has 0 bridgehead atoms. The highest BCUT2D eigenvalue weighted by Gasteiger charge is 2.29. The molecule has 2 rings (SSSR count). The normalized spacial score (nSPS) is 19.8. The second-order valence-corrected chi connectivity index (χ2v) is 6.00. The Morgan fingerprint density at radius 1 is 1.53 bits per heavy atom. The van der Waals surface area contributed by atoms with E-state index in [0.29, 0.717) is 5.02 Å². The van der Waals surface area contributed by atoms with Gasteiger partial charge in [-0.25, -0.2) is 0 Å². The number of nitrogens with zero attached hydrogens (tertiary/aromatic N) is 1. The molecule has 1 heterocycles. The first-order valence-electron chi connectivity index (χ1n) is 6.63. The van der Waals surface area contributed by atoms with E-state index in [4.69, 9.17) is 11.6 Å². The molecule has 1 aromatic carbocycles. The van der Waals surface area contributed by atoms with E-state index in [-0.39, 0.29) is 11.9 Å². The first kappa shape index (κ1) is 14.8. The largest absolute Gasteiger partial charge is 0.311 e. The Morgan fingerprint density at radius 2 is 2.32 bits per heavy atom. The molecule has 19 heavy (non-hydrogen) atoms. The summed E-state index contributed by atoms with van der Waals surface area (Å²) in [7, 11) is 0. The van der Waals surface area contributed by atoms with Gasteiger partial charge in [0.2, 0.25) is 5.91 Å². The highest BCUT2D eigenvalue weighted by molar-refractivity contribution is 9.10. The molecule has 3 nitrogen and oxygen atoms in total. The smallest absolute Gasteiger partial charge is 0.244 e. The van der Waals surface area contributed by atoms with Crippen LogP contribution in [0.25, 0.3) is 0 Å². The first-order valence-corrected chi connectivity index (χ1v) is 7.80. The molecule has 1 amide bonds. The number of amides is 1. The van der Waals surface area contributed by atoms with Gasteiger partial charge in [-0.3, -0.25) is 4.79 Å². The fourth-order valence-electron chi connectivity index (χ4n) is 2.29. The summed E-state index contributed by atoms with van der Waals surface area (Å²) in [6, 6.07) is 5.57. The van der Waals surface area contributed by atoms with Crippen LogP contribution in [0.15, 0.2) is 22.7 Å². The van der Waals surface area contributed by atoms with Gasteiger partial charge in [-0.1, -0.05) is 18.5 Å². The van der Waals surface area contributed by atoms with Crippen LogP contribution in [0, 0.1) is 0 Å². The molecular formula is C14H18BrClN2O. The Bertz CT molecular complexity index is 467. The summed E-state index contributed by atoms with van der Waals surface area (Å²) in [4.78, 5) is 14.3. The van der Waals surface area contributed by atoms with E-state index in [1.54, 1.807) is 0 Å². The van der Waals surface area contributed by atoms with E-state index >= 15 is 0 Å². The van der Waals surface area contributed by atoms with E-state index in [9.17, 15) is 4.79 Å². The minimum Gasteiger partial charge on any atom is -0.311 e. The topological polar surface area (TPSA) is 32.3 Å². The zero-order valence-corrected chi connectivity index (χ0v) is 13.3. The highest BCUT2D eigenvalue weighted by atomic mass is 79.9. The molecule has 0 aliphatic carbocycles. The number of carbonyl (C=O) groups excluding carboxylic acids is 1. The molecule has 1 fully saturated rings. The first-order chi connectivity index (χ1) is 9.13. The lowest BCUT2D eigenvalue weighted by Gasteiger charge is -2.33. The van der Waals surface area contributed by atoms with Crippen molar-refractivity contribution in [3.8, 4) is 0 Å². The molecule has 1 aromatic rings. The van der Waals surface area contributed by atoms with Gasteiger partial charge in [-0.15, -0.1) is 0 Å². The van der Waals surface area contributed by atoms with Gasteiger partial charge >= 0.3 is 0 Å². The number of benzene rings is 1. The molecule has 1 saturated heterocycles. The zero-order valence-electron chi connectivity index (χ0n) is 11.0. The number of nitrogens with one attached hydrogen (secondary N) is 1. The van der Waals surface area contributed by atoms with Crippen molar-refractivity contribution in [3.05, 3.63) is 27.7 Å². The molecule has 0 spiro atoms. The van der Waals surface area contributed by atoms with Crippen LogP contribution in [0.2, 0.25) is 5.02 Å². The van der Waals surface area contributed by atoms with Gasteiger partial charge < -0.3 is 10.2 Å². The van der Waals surface area contributed by atoms with Crippen molar-refractivity contribution in [2.45, 2.75) is 32.2 Å². The third-order valence-corrected chi connectivity index (χ3v) is 4.51. The van der Waals surface area contributed by atoms with E-state index in [1.165, 1.54) is 0 Å². The molecule has 5 heteroatoms. The van der Waals surface area contributed by atoms with E-state index in [2.05, 4.69) is 28.2 Å². The summed E-state index contributed by atoms with van der Waals surface area (Å²) in [5.74, 6) is 0.161. The van der Waals surface area contributed by atoms with Crippen molar-refractivity contribution in [2.75, 3.05) is 18.0 Å². The number of carbonyl (C=O) groups is 1. The average molecular weight is 346 g/mol. The SMILES string of the molecule is CCCNC1CCCN(c2ccc(Cl)c(Br)c2)C1=O. The van der Waals surface area contributed by atoms with Crippen molar-refractivity contribution < 1.29 is 4.79 Å². The molecule has 0 aromatic heterocycles. The minimum atomic E-state index is -0.0526. The quantitative estimate of drug-likeness (QED) is 0.904. The Morgan fingerprint density at radius 3 is 3.00 bits per heavy atom. The molecule has 1 N–H and O–H groups in total. The summed E-state index contributed by atoms with van der Waals surface area (Å²) >= 11 is 9.39. The lowest BCUT2D eigenvalue weighted by molar-refractivity contribution is -0.121. The van der Waals surface area contributed by atoms with E-state index < -0.39 is 0 Å². The second-order valence-electron chi connectivity index (χ2n) is 4.74. The number of halogens is 2. The predicted octanol–water partition coefficient (Wildman–Crippen LogP) is 3.60. The van der Waals surface area contributed by atoms with Crippen LogP contribution in [0.5, 0.6) is 0 Å². The van der Waals surface area contributed by atoms with Crippen LogP contribution in [0.3, 0.4) is 0 Å². The number of hydrogen-bond donors (Lipinski definition) is 1. The number of piperidine rings is 1. The van der Waals surface area contributed by atoms with Crippen LogP contribution < -0.4 is 10.2 Å². The summed E-state index contributed by atoms with van der Waals surface area (Å²) in [5, 5.41) is 3.98. The summed E-state index contributed by atoms with van der Waals surface area (Å²) in [6.07, 6.45) is 2.98. The maximum absolute atomic E-state index is 12.4. The van der Waals surface area contributed by atoms with Crippen LogP contribution in [-0.2, 0) is 4.79 Å². The molecule has 1 unspecified atom stereocenters. The van der Waals surface area contributed by atoms with Gasteiger partial charge in [0.15, 0.2) is 0 Å². The lowest BCUT2D eigenvalue weighted by atomic mass is 10.0. The summed E-state index contributed by atoms with van der Waals surface area (Å²) in [6.45, 7) is 3.76. The van der Waals surface area contributed by atoms with Gasteiger partial charge in [-0.2, -0.15) is 0 Å². The molecule has 104 valence electrons. The zero-order chi connectivity index (χ0) is 13.8. The van der Waals surface area contributed by atoms with E-state index in [1.807, 2.05) is 23.1 Å². The van der Waals surface area contributed by atoms with Crippen LogP contribution >= 0.6 is 27.5 Å². The van der Waals surface area contributed by atoms with E-state index in [0.717, 1.165) is 42.5 Å². The molecular weight excluding hydrogens is 328 g/mol. The van der Waals surface area contributed by atoms with Crippen molar-refractivity contribution >= 4 is 39.1 Å². The van der Waals surface area contributed by atoms with Crippen molar-refractivity contribution in [1.82, 2.24) is 5.32 Å². The Labute approximate surface area is 127 Å². The van der Waals surface area contributed by atoms with Gasteiger partial charge in [0.1, 0.15) is 0 Å². The number of hydrogen-bond acceptors (Lipinski definition) is 2. The fraction of sp³-hybridized carbons (Fsp3) is 0.500. The molecule has 1 atom stereocenters. The third-order valence-electron chi connectivity index (χ3n) is 3.29. The van der Waals surface area contributed by atoms with Gasteiger partial charge in [0.25, 0.3) is 0 Å².